The highest BCUT2D eigenvalue weighted by molar-refractivity contribution is 5.99. The van der Waals surface area contributed by atoms with E-state index in [0.29, 0.717) is 36.1 Å². The summed E-state index contributed by atoms with van der Waals surface area (Å²) in [6.45, 7) is 1.32. The first-order valence-electron chi connectivity index (χ1n) is 9.54. The molecule has 5 nitrogen and oxygen atoms in total. The van der Waals surface area contributed by atoms with Crippen LogP contribution in [0.15, 0.2) is 42.8 Å². The van der Waals surface area contributed by atoms with Crippen molar-refractivity contribution in [3.63, 3.8) is 0 Å². The van der Waals surface area contributed by atoms with Crippen LogP contribution < -0.4 is 10.6 Å². The van der Waals surface area contributed by atoms with Crippen molar-refractivity contribution in [1.29, 1.82) is 0 Å². The van der Waals surface area contributed by atoms with Gasteiger partial charge in [0.15, 0.2) is 0 Å². The maximum Gasteiger partial charge on any atom is 0.252 e. The SMILES string of the molecule is O=C(NCC1CC=CCC1)c1cncc(C(=O)NCC2CC=CCC2)c1. The molecule has 0 bridgehead atoms. The van der Waals surface area contributed by atoms with Crippen molar-refractivity contribution in [1.82, 2.24) is 15.6 Å². The summed E-state index contributed by atoms with van der Waals surface area (Å²) >= 11 is 0. The number of rotatable bonds is 6. The Morgan fingerprint density at radius 1 is 0.846 bits per heavy atom. The number of carbonyl (C=O) groups is 2. The molecule has 0 saturated heterocycles. The minimum atomic E-state index is -0.167. The van der Waals surface area contributed by atoms with Gasteiger partial charge >= 0.3 is 0 Å². The highest BCUT2D eigenvalue weighted by Crippen LogP contribution is 2.18. The van der Waals surface area contributed by atoms with Gasteiger partial charge in [-0.05, 0) is 56.4 Å². The van der Waals surface area contributed by atoms with E-state index in [9.17, 15) is 9.59 Å². The van der Waals surface area contributed by atoms with E-state index < -0.39 is 0 Å². The standard InChI is InChI=1S/C21H27N3O2/c25-20(23-12-16-7-3-1-4-8-16)18-11-19(15-22-14-18)21(26)24-13-17-9-5-2-6-10-17/h1-3,5,11,14-17H,4,6-10,12-13H2,(H,23,25)(H,24,26). The molecule has 0 spiro atoms. The van der Waals surface area contributed by atoms with Crippen LogP contribution in [0.1, 0.15) is 59.2 Å². The summed E-state index contributed by atoms with van der Waals surface area (Å²) < 4.78 is 0. The molecule has 2 amide bonds. The van der Waals surface area contributed by atoms with Crippen LogP contribution in [0.2, 0.25) is 0 Å². The maximum absolute atomic E-state index is 12.4. The molecule has 0 aliphatic heterocycles. The van der Waals surface area contributed by atoms with Crippen molar-refractivity contribution in [2.45, 2.75) is 38.5 Å². The Morgan fingerprint density at radius 3 is 1.77 bits per heavy atom. The molecule has 2 aliphatic carbocycles. The molecule has 2 aliphatic rings. The average Bonchev–Trinajstić information content (AvgIpc) is 2.72. The molecule has 0 fully saturated rings. The fraction of sp³-hybridized carbons (Fsp3) is 0.476. The van der Waals surface area contributed by atoms with Gasteiger partial charge in [0.2, 0.25) is 0 Å². The number of aromatic nitrogens is 1. The van der Waals surface area contributed by atoms with Crippen molar-refractivity contribution < 1.29 is 9.59 Å². The summed E-state index contributed by atoms with van der Waals surface area (Å²) in [7, 11) is 0. The lowest BCUT2D eigenvalue weighted by atomic mass is 9.94. The van der Waals surface area contributed by atoms with Crippen molar-refractivity contribution >= 4 is 11.8 Å². The molecule has 1 aromatic rings. The number of nitrogens with one attached hydrogen (secondary N) is 2. The van der Waals surface area contributed by atoms with E-state index in [2.05, 4.69) is 39.9 Å². The van der Waals surface area contributed by atoms with Gasteiger partial charge in [-0.3, -0.25) is 14.6 Å². The lowest BCUT2D eigenvalue weighted by Gasteiger charge is -2.18. The third-order valence-electron chi connectivity index (χ3n) is 5.12. The van der Waals surface area contributed by atoms with Gasteiger partial charge in [0, 0.05) is 25.5 Å². The third kappa shape index (κ3) is 5.28. The zero-order valence-electron chi connectivity index (χ0n) is 15.1. The van der Waals surface area contributed by atoms with Gasteiger partial charge in [-0.2, -0.15) is 0 Å². The van der Waals surface area contributed by atoms with Gasteiger partial charge < -0.3 is 10.6 Å². The van der Waals surface area contributed by atoms with E-state index in [1.807, 2.05) is 0 Å². The summed E-state index contributed by atoms with van der Waals surface area (Å²) in [5.74, 6) is 0.652. The number of amides is 2. The molecule has 1 heterocycles. The second kappa shape index (κ2) is 9.32. The van der Waals surface area contributed by atoms with Gasteiger partial charge in [-0.15, -0.1) is 0 Å². The Kier molecular flexibility index (Phi) is 6.58. The van der Waals surface area contributed by atoms with Crippen LogP contribution in [-0.2, 0) is 0 Å². The van der Waals surface area contributed by atoms with Gasteiger partial charge in [0.1, 0.15) is 0 Å². The molecule has 0 radical (unpaired) electrons. The Hall–Kier alpha value is -2.43. The molecule has 26 heavy (non-hydrogen) atoms. The van der Waals surface area contributed by atoms with Crippen molar-refractivity contribution in [2.24, 2.45) is 11.8 Å². The monoisotopic (exact) mass is 353 g/mol. The predicted molar refractivity (Wildman–Crippen MR) is 102 cm³/mol. The topological polar surface area (TPSA) is 71.1 Å². The Balaban J connectivity index is 1.51. The van der Waals surface area contributed by atoms with E-state index in [-0.39, 0.29) is 11.8 Å². The molecule has 2 unspecified atom stereocenters. The lowest BCUT2D eigenvalue weighted by Crippen LogP contribution is -2.31. The van der Waals surface area contributed by atoms with E-state index in [1.165, 1.54) is 12.4 Å². The minimum absolute atomic E-state index is 0.167. The first kappa shape index (κ1) is 18.4. The first-order chi connectivity index (χ1) is 12.7. The van der Waals surface area contributed by atoms with E-state index in [4.69, 9.17) is 0 Å². The number of nitrogens with zero attached hydrogens (tertiary/aromatic N) is 1. The second-order valence-corrected chi connectivity index (χ2v) is 7.18. The fourth-order valence-electron chi connectivity index (χ4n) is 3.45. The molecule has 138 valence electrons. The third-order valence-corrected chi connectivity index (χ3v) is 5.12. The van der Waals surface area contributed by atoms with Gasteiger partial charge in [-0.25, -0.2) is 0 Å². The first-order valence-corrected chi connectivity index (χ1v) is 9.54. The van der Waals surface area contributed by atoms with E-state index in [1.54, 1.807) is 6.07 Å². The molecule has 2 N–H and O–H groups in total. The Bertz CT molecular complexity index is 641. The predicted octanol–water partition coefficient (Wildman–Crippen LogP) is 3.25. The number of hydrogen-bond acceptors (Lipinski definition) is 3. The molecule has 0 saturated carbocycles. The summed E-state index contributed by atoms with van der Waals surface area (Å²) in [6.07, 6.45) is 18.1. The van der Waals surface area contributed by atoms with Crippen LogP contribution in [0.25, 0.3) is 0 Å². The van der Waals surface area contributed by atoms with Crippen molar-refractivity contribution in [2.75, 3.05) is 13.1 Å². The number of allylic oxidation sites excluding steroid dienone is 4. The molecule has 1 aromatic heterocycles. The van der Waals surface area contributed by atoms with Gasteiger partial charge in [-0.1, -0.05) is 24.3 Å². The normalized spacial score (nSPS) is 22.0. The smallest absolute Gasteiger partial charge is 0.252 e. The quantitative estimate of drug-likeness (QED) is 0.771. The highest BCUT2D eigenvalue weighted by atomic mass is 16.2. The molecule has 2 atom stereocenters. The molecular formula is C21H27N3O2. The Morgan fingerprint density at radius 2 is 1.35 bits per heavy atom. The molecule has 3 rings (SSSR count). The number of carbonyl (C=O) groups excluding carboxylic acids is 2. The summed E-state index contributed by atoms with van der Waals surface area (Å²) in [5.41, 5.74) is 0.870. The van der Waals surface area contributed by atoms with Crippen LogP contribution in [0.3, 0.4) is 0 Å². The van der Waals surface area contributed by atoms with Crippen LogP contribution in [0, 0.1) is 11.8 Å². The lowest BCUT2D eigenvalue weighted by molar-refractivity contribution is 0.0945. The molecular weight excluding hydrogens is 326 g/mol. The minimum Gasteiger partial charge on any atom is -0.352 e. The summed E-state index contributed by atoms with van der Waals surface area (Å²) in [4.78, 5) is 28.8. The van der Waals surface area contributed by atoms with Crippen LogP contribution in [0.4, 0.5) is 0 Å². The number of pyridine rings is 1. The van der Waals surface area contributed by atoms with Gasteiger partial charge in [0.05, 0.1) is 11.1 Å². The molecule has 5 heteroatoms. The summed E-state index contributed by atoms with van der Waals surface area (Å²) in [6, 6.07) is 1.62. The highest BCUT2D eigenvalue weighted by Gasteiger charge is 2.16. The zero-order valence-corrected chi connectivity index (χ0v) is 15.1. The zero-order chi connectivity index (χ0) is 18.2. The van der Waals surface area contributed by atoms with Gasteiger partial charge in [0.25, 0.3) is 11.8 Å². The van der Waals surface area contributed by atoms with Crippen LogP contribution in [-0.4, -0.2) is 29.9 Å². The van der Waals surface area contributed by atoms with Crippen LogP contribution in [0.5, 0.6) is 0 Å². The fourth-order valence-corrected chi connectivity index (χ4v) is 3.45. The second-order valence-electron chi connectivity index (χ2n) is 7.18. The largest absolute Gasteiger partial charge is 0.352 e. The maximum atomic E-state index is 12.4. The van der Waals surface area contributed by atoms with Crippen molar-refractivity contribution in [3.8, 4) is 0 Å². The van der Waals surface area contributed by atoms with E-state index >= 15 is 0 Å². The number of hydrogen-bond donors (Lipinski definition) is 2. The summed E-state index contributed by atoms with van der Waals surface area (Å²) in [5, 5.41) is 5.93. The van der Waals surface area contributed by atoms with Crippen molar-refractivity contribution in [3.05, 3.63) is 53.9 Å². The average molecular weight is 353 g/mol. The van der Waals surface area contributed by atoms with Crippen LogP contribution >= 0.6 is 0 Å². The Labute approximate surface area is 155 Å². The molecule has 0 aromatic carbocycles. The van der Waals surface area contributed by atoms with E-state index in [0.717, 1.165) is 38.5 Å².